The quantitative estimate of drug-likeness (QED) is 0.660. The summed E-state index contributed by atoms with van der Waals surface area (Å²) in [5, 5.41) is 9.57. The molecule has 0 saturated carbocycles. The molecule has 1 fully saturated rings. The highest BCUT2D eigenvalue weighted by Crippen LogP contribution is 2.35. The smallest absolute Gasteiger partial charge is 0.335 e. The van der Waals surface area contributed by atoms with Crippen LogP contribution in [0.1, 0.15) is 29.8 Å². The predicted octanol–water partition coefficient (Wildman–Crippen LogP) is 4.42. The van der Waals surface area contributed by atoms with E-state index in [1.807, 2.05) is 26.0 Å². The Morgan fingerprint density at radius 1 is 1.17 bits per heavy atom. The summed E-state index contributed by atoms with van der Waals surface area (Å²) in [6.07, 6.45) is 1.80. The number of benzene rings is 2. The van der Waals surface area contributed by atoms with Crippen molar-refractivity contribution in [3.05, 3.63) is 58.5 Å². The fraction of sp³-hybridized carbons (Fsp3) is 0.227. The van der Waals surface area contributed by atoms with E-state index in [9.17, 15) is 9.59 Å². The topological polar surface area (TPSA) is 88.4 Å². The lowest BCUT2D eigenvalue weighted by Gasteiger charge is -2.12. The molecule has 1 amide bonds. The number of carbonyl (C=O) groups excluding carboxylic acids is 1. The first kappa shape index (κ1) is 21.4. The van der Waals surface area contributed by atoms with Crippen LogP contribution < -0.4 is 9.47 Å². The zero-order chi connectivity index (χ0) is 21.7. The number of hydrogen-bond donors (Lipinski definition) is 1. The van der Waals surface area contributed by atoms with Crippen molar-refractivity contribution < 1.29 is 24.2 Å². The molecule has 0 aliphatic carbocycles. The van der Waals surface area contributed by atoms with E-state index in [2.05, 4.69) is 4.99 Å². The van der Waals surface area contributed by atoms with Crippen LogP contribution in [0.4, 0.5) is 5.69 Å². The average Bonchev–Trinajstić information content (AvgIpc) is 3.03. The van der Waals surface area contributed by atoms with Crippen LogP contribution in [0, 0.1) is 0 Å². The molecule has 7 nitrogen and oxygen atoms in total. The normalized spacial score (nSPS) is 16.4. The molecule has 0 atom stereocenters. The van der Waals surface area contributed by atoms with E-state index in [4.69, 9.17) is 14.6 Å². The van der Waals surface area contributed by atoms with E-state index >= 15 is 0 Å². The van der Waals surface area contributed by atoms with Gasteiger partial charge in [-0.15, -0.1) is 0 Å². The van der Waals surface area contributed by atoms with Gasteiger partial charge in [0.1, 0.15) is 0 Å². The zero-order valence-corrected chi connectivity index (χ0v) is 17.7. The van der Waals surface area contributed by atoms with Gasteiger partial charge in [0.25, 0.3) is 5.91 Å². The number of amidine groups is 1. The van der Waals surface area contributed by atoms with Gasteiger partial charge in [-0.2, -0.15) is 0 Å². The molecule has 0 aromatic heterocycles. The van der Waals surface area contributed by atoms with Crippen LogP contribution in [0.15, 0.2) is 52.4 Å². The van der Waals surface area contributed by atoms with Crippen molar-refractivity contribution in [1.82, 2.24) is 4.90 Å². The summed E-state index contributed by atoms with van der Waals surface area (Å²) in [4.78, 5) is 30.5. The molecule has 30 heavy (non-hydrogen) atoms. The van der Waals surface area contributed by atoms with Gasteiger partial charge in [0.2, 0.25) is 0 Å². The highest BCUT2D eigenvalue weighted by atomic mass is 32.2. The molecule has 156 valence electrons. The first-order valence-corrected chi connectivity index (χ1v) is 10.2. The van der Waals surface area contributed by atoms with E-state index in [-0.39, 0.29) is 11.5 Å². The number of hydrogen-bond acceptors (Lipinski definition) is 6. The van der Waals surface area contributed by atoms with E-state index in [1.54, 1.807) is 36.3 Å². The number of nitrogens with zero attached hydrogens (tertiary/aromatic N) is 2. The van der Waals surface area contributed by atoms with E-state index < -0.39 is 5.97 Å². The Morgan fingerprint density at radius 2 is 1.90 bits per heavy atom. The lowest BCUT2D eigenvalue weighted by Crippen LogP contribution is -2.28. The number of aromatic carboxylic acids is 1. The number of thioether (sulfide) groups is 1. The SMILES string of the molecule is CCOc1cc(/C=C2/SC(=Nc3ccc(C(=O)O)cc3)N(CC)C2=O)ccc1OC. The van der Waals surface area contributed by atoms with Gasteiger partial charge in [-0.05, 0) is 73.6 Å². The van der Waals surface area contributed by atoms with Gasteiger partial charge in [-0.3, -0.25) is 9.69 Å². The maximum absolute atomic E-state index is 12.8. The highest BCUT2D eigenvalue weighted by Gasteiger charge is 2.32. The largest absolute Gasteiger partial charge is 0.493 e. The molecule has 0 unspecified atom stereocenters. The average molecular weight is 426 g/mol. The standard InChI is InChI=1S/C22H22N2O5S/c1-4-24-20(25)19(13-14-6-11-17(28-3)18(12-14)29-5-2)30-22(24)23-16-9-7-15(8-10-16)21(26)27/h6-13H,4-5H2,1-3H3,(H,26,27)/b19-13+,23-22?. The molecule has 1 aliphatic heterocycles. The van der Waals surface area contributed by atoms with Crippen LogP contribution in [0.25, 0.3) is 6.08 Å². The first-order valence-electron chi connectivity index (χ1n) is 9.41. The zero-order valence-electron chi connectivity index (χ0n) is 16.9. The number of ether oxygens (including phenoxy) is 2. The highest BCUT2D eigenvalue weighted by molar-refractivity contribution is 8.18. The minimum atomic E-state index is -0.994. The fourth-order valence-electron chi connectivity index (χ4n) is 2.86. The molecule has 1 saturated heterocycles. The summed E-state index contributed by atoms with van der Waals surface area (Å²) >= 11 is 1.28. The minimum Gasteiger partial charge on any atom is -0.493 e. The summed E-state index contributed by atoms with van der Waals surface area (Å²) in [5.41, 5.74) is 1.59. The van der Waals surface area contributed by atoms with E-state index in [0.717, 1.165) is 5.56 Å². The van der Waals surface area contributed by atoms with Crippen molar-refractivity contribution in [2.45, 2.75) is 13.8 Å². The predicted molar refractivity (Wildman–Crippen MR) is 118 cm³/mol. The lowest BCUT2D eigenvalue weighted by atomic mass is 10.2. The number of carbonyl (C=O) groups is 2. The molecule has 0 bridgehead atoms. The molecule has 1 N–H and O–H groups in total. The second kappa shape index (κ2) is 9.49. The van der Waals surface area contributed by atoms with Crippen LogP contribution in [0.3, 0.4) is 0 Å². The summed E-state index contributed by atoms with van der Waals surface area (Å²) in [6, 6.07) is 11.7. The molecule has 2 aromatic rings. The van der Waals surface area contributed by atoms with Crippen molar-refractivity contribution in [2.24, 2.45) is 4.99 Å². The molecule has 8 heteroatoms. The summed E-state index contributed by atoms with van der Waals surface area (Å²) in [5.74, 6) is 0.124. The molecule has 2 aromatic carbocycles. The maximum atomic E-state index is 12.8. The van der Waals surface area contributed by atoms with Gasteiger partial charge >= 0.3 is 5.97 Å². The van der Waals surface area contributed by atoms with Gasteiger partial charge < -0.3 is 14.6 Å². The van der Waals surface area contributed by atoms with Crippen molar-refractivity contribution >= 4 is 40.6 Å². The minimum absolute atomic E-state index is 0.128. The third-order valence-electron chi connectivity index (χ3n) is 4.33. The number of carboxylic acids is 1. The van der Waals surface area contributed by atoms with Gasteiger partial charge in [-0.25, -0.2) is 9.79 Å². The molecule has 1 aliphatic rings. The molecule has 3 rings (SSSR count). The molecular formula is C22H22N2O5S. The summed E-state index contributed by atoms with van der Waals surface area (Å²) < 4.78 is 10.9. The van der Waals surface area contributed by atoms with Crippen molar-refractivity contribution in [3.63, 3.8) is 0 Å². The Morgan fingerprint density at radius 3 is 2.50 bits per heavy atom. The van der Waals surface area contributed by atoms with E-state index in [0.29, 0.717) is 40.4 Å². The summed E-state index contributed by atoms with van der Waals surface area (Å²) in [6.45, 7) is 4.75. The third kappa shape index (κ3) is 4.65. The van der Waals surface area contributed by atoms with Crippen LogP contribution in [0.5, 0.6) is 11.5 Å². The molecule has 1 heterocycles. The Hall–Kier alpha value is -3.26. The molecule has 0 spiro atoms. The molecule has 0 radical (unpaired) electrons. The summed E-state index contributed by atoms with van der Waals surface area (Å²) in [7, 11) is 1.58. The van der Waals surface area contributed by atoms with E-state index in [1.165, 1.54) is 23.9 Å². The van der Waals surface area contributed by atoms with Crippen LogP contribution in [-0.2, 0) is 4.79 Å². The maximum Gasteiger partial charge on any atom is 0.335 e. The number of methoxy groups -OCH3 is 1. The Kier molecular flexibility index (Phi) is 6.79. The number of likely N-dealkylation sites (N-methyl/N-ethyl adjacent to an activating group) is 1. The lowest BCUT2D eigenvalue weighted by molar-refractivity contribution is -0.122. The van der Waals surface area contributed by atoms with Crippen molar-refractivity contribution in [3.8, 4) is 11.5 Å². The van der Waals surface area contributed by atoms with Gasteiger partial charge in [0, 0.05) is 6.54 Å². The Bertz CT molecular complexity index is 1010. The third-order valence-corrected chi connectivity index (χ3v) is 5.34. The van der Waals surface area contributed by atoms with Crippen molar-refractivity contribution in [1.29, 1.82) is 0 Å². The van der Waals surface area contributed by atoms with Crippen molar-refractivity contribution in [2.75, 3.05) is 20.3 Å². The van der Waals surface area contributed by atoms with Crippen LogP contribution >= 0.6 is 11.8 Å². The van der Waals surface area contributed by atoms with Gasteiger partial charge in [-0.1, -0.05) is 6.07 Å². The fourth-order valence-corrected chi connectivity index (χ4v) is 3.92. The number of rotatable bonds is 7. The number of aliphatic imine (C=N–C) groups is 1. The Balaban J connectivity index is 1.90. The number of carboxylic acid groups (broad SMARTS) is 1. The van der Waals surface area contributed by atoms with Gasteiger partial charge in [0.05, 0.1) is 29.9 Å². The number of amides is 1. The monoisotopic (exact) mass is 426 g/mol. The second-order valence-electron chi connectivity index (χ2n) is 6.25. The first-order chi connectivity index (χ1) is 14.5. The van der Waals surface area contributed by atoms with Gasteiger partial charge in [0.15, 0.2) is 16.7 Å². The molecular weight excluding hydrogens is 404 g/mol. The van der Waals surface area contributed by atoms with Crippen LogP contribution in [0.2, 0.25) is 0 Å². The second-order valence-corrected chi connectivity index (χ2v) is 7.26. The Labute approximate surface area is 179 Å². The van der Waals surface area contributed by atoms with Crippen LogP contribution in [-0.4, -0.2) is 47.3 Å².